The van der Waals surface area contributed by atoms with Crippen molar-refractivity contribution in [3.8, 4) is 0 Å². The molecule has 0 aliphatic carbocycles. The van der Waals surface area contributed by atoms with E-state index >= 15 is 0 Å². The smallest absolute Gasteiger partial charge is 0.358 e. The second-order valence-electron chi connectivity index (χ2n) is 3.18. The fraction of sp³-hybridized carbons (Fsp3) is 0.444. The lowest BCUT2D eigenvalue weighted by molar-refractivity contribution is -0.140. The van der Waals surface area contributed by atoms with Crippen LogP contribution in [-0.2, 0) is 16.1 Å². The lowest BCUT2D eigenvalue weighted by Gasteiger charge is -2.00. The van der Waals surface area contributed by atoms with Gasteiger partial charge in [0.2, 0.25) is 0 Å². The van der Waals surface area contributed by atoms with Crippen LogP contribution in [0.3, 0.4) is 0 Å². The van der Waals surface area contributed by atoms with Crippen LogP contribution in [0.4, 0.5) is 5.69 Å². The van der Waals surface area contributed by atoms with Crippen LogP contribution in [-0.4, -0.2) is 33.9 Å². The Labute approximate surface area is 91.8 Å². The third-order valence-electron chi connectivity index (χ3n) is 1.99. The predicted molar refractivity (Wildman–Crippen MR) is 54.8 cm³/mol. The van der Waals surface area contributed by atoms with Gasteiger partial charge in [-0.1, -0.05) is 0 Å². The monoisotopic (exact) mass is 227 g/mol. The van der Waals surface area contributed by atoms with Gasteiger partial charge in [0, 0.05) is 19.2 Å². The minimum absolute atomic E-state index is 0.116. The summed E-state index contributed by atoms with van der Waals surface area (Å²) < 4.78 is 5.87. The Kier molecular flexibility index (Phi) is 3.87. The van der Waals surface area contributed by atoms with Crippen molar-refractivity contribution in [3.63, 3.8) is 0 Å². The Balaban J connectivity index is 2.52. The van der Waals surface area contributed by atoms with Crippen molar-refractivity contribution in [2.24, 2.45) is 0 Å². The molecule has 0 amide bonds. The molecular formula is C9H13N3O4. The van der Waals surface area contributed by atoms with Crippen molar-refractivity contribution >= 4 is 17.6 Å². The lowest BCUT2D eigenvalue weighted by Crippen LogP contribution is -2.06. The Bertz CT molecular complexity index is 399. The molecule has 0 saturated carbocycles. The molecule has 0 fully saturated rings. The summed E-state index contributed by atoms with van der Waals surface area (Å²) in [6, 6.07) is 0. The average molecular weight is 227 g/mol. The van der Waals surface area contributed by atoms with Crippen LogP contribution in [0.1, 0.15) is 23.3 Å². The summed E-state index contributed by atoms with van der Waals surface area (Å²) in [6.07, 6.45) is 2.21. The Morgan fingerprint density at radius 2 is 2.31 bits per heavy atom. The zero-order chi connectivity index (χ0) is 12.1. The molecule has 1 aromatic heterocycles. The van der Waals surface area contributed by atoms with E-state index in [1.54, 1.807) is 0 Å². The number of rotatable bonds is 5. The molecule has 3 N–H and O–H groups in total. The number of esters is 1. The topological polar surface area (TPSA) is 107 Å². The molecule has 0 aliphatic heterocycles. The zero-order valence-electron chi connectivity index (χ0n) is 8.84. The number of methoxy groups -OCH3 is 1. The molecule has 1 rings (SSSR count). The fourth-order valence-electron chi connectivity index (χ4n) is 1.20. The maximum absolute atomic E-state index is 10.8. The lowest BCUT2D eigenvalue weighted by atomic mass is 10.3. The van der Waals surface area contributed by atoms with Crippen LogP contribution in [0.25, 0.3) is 0 Å². The molecule has 1 aromatic rings. The number of carbonyl (C=O) groups excluding carboxylic acids is 1. The van der Waals surface area contributed by atoms with E-state index in [1.165, 1.54) is 18.0 Å². The van der Waals surface area contributed by atoms with Gasteiger partial charge in [0.25, 0.3) is 0 Å². The average Bonchev–Trinajstić information content (AvgIpc) is 2.59. The second kappa shape index (κ2) is 5.15. The van der Waals surface area contributed by atoms with Gasteiger partial charge in [0.1, 0.15) is 0 Å². The first kappa shape index (κ1) is 12.0. The number of aromatic nitrogens is 2. The Hall–Kier alpha value is -2.05. The van der Waals surface area contributed by atoms with Gasteiger partial charge in [-0.15, -0.1) is 0 Å². The number of hydrogen-bond donors (Lipinski definition) is 2. The van der Waals surface area contributed by atoms with Crippen molar-refractivity contribution in [1.29, 1.82) is 0 Å². The van der Waals surface area contributed by atoms with Gasteiger partial charge in [-0.05, 0) is 6.42 Å². The highest BCUT2D eigenvalue weighted by Crippen LogP contribution is 2.09. The summed E-state index contributed by atoms with van der Waals surface area (Å²) in [5.74, 6) is -1.47. The maximum Gasteiger partial charge on any atom is 0.358 e. The molecule has 88 valence electrons. The van der Waals surface area contributed by atoms with Gasteiger partial charge in [-0.3, -0.25) is 9.48 Å². The summed E-state index contributed by atoms with van der Waals surface area (Å²) in [6.45, 7) is 0.423. The first-order chi connectivity index (χ1) is 7.54. The Morgan fingerprint density at radius 3 is 2.81 bits per heavy atom. The van der Waals surface area contributed by atoms with Crippen molar-refractivity contribution < 1.29 is 19.4 Å². The summed E-state index contributed by atoms with van der Waals surface area (Å²) >= 11 is 0. The van der Waals surface area contributed by atoms with E-state index in [0.717, 1.165) is 0 Å². The SMILES string of the molecule is COC(=O)CCCn1cc(N)c(C(=O)O)n1. The first-order valence-corrected chi connectivity index (χ1v) is 4.67. The number of hydrogen-bond acceptors (Lipinski definition) is 5. The summed E-state index contributed by atoms with van der Waals surface area (Å²) in [5.41, 5.74) is 5.39. The molecular weight excluding hydrogens is 214 g/mol. The van der Waals surface area contributed by atoms with Crippen molar-refractivity contribution in [2.45, 2.75) is 19.4 Å². The molecule has 0 bridgehead atoms. The molecule has 0 spiro atoms. The van der Waals surface area contributed by atoms with Gasteiger partial charge in [-0.2, -0.15) is 5.10 Å². The number of carboxylic acids is 1. The number of aryl methyl sites for hydroxylation is 1. The van der Waals surface area contributed by atoms with Crippen molar-refractivity contribution in [3.05, 3.63) is 11.9 Å². The molecule has 16 heavy (non-hydrogen) atoms. The van der Waals surface area contributed by atoms with Crippen LogP contribution in [0.15, 0.2) is 6.20 Å². The molecule has 0 aromatic carbocycles. The zero-order valence-corrected chi connectivity index (χ0v) is 8.84. The van der Waals surface area contributed by atoms with Gasteiger partial charge in [0.15, 0.2) is 5.69 Å². The molecule has 0 atom stereocenters. The number of carboxylic acid groups (broad SMARTS) is 1. The highest BCUT2D eigenvalue weighted by atomic mass is 16.5. The van der Waals surface area contributed by atoms with Gasteiger partial charge in [0.05, 0.1) is 12.8 Å². The van der Waals surface area contributed by atoms with Crippen LogP contribution in [0.2, 0.25) is 0 Å². The van der Waals surface area contributed by atoms with E-state index in [-0.39, 0.29) is 23.8 Å². The number of carbonyl (C=O) groups is 2. The van der Waals surface area contributed by atoms with Crippen LogP contribution in [0, 0.1) is 0 Å². The summed E-state index contributed by atoms with van der Waals surface area (Å²) in [5, 5.41) is 12.5. The van der Waals surface area contributed by atoms with E-state index in [9.17, 15) is 9.59 Å². The van der Waals surface area contributed by atoms with Gasteiger partial charge >= 0.3 is 11.9 Å². The predicted octanol–water partition coefficient (Wildman–Crippen LogP) is 0.117. The highest BCUT2D eigenvalue weighted by Gasteiger charge is 2.13. The van der Waals surface area contributed by atoms with Crippen molar-refractivity contribution in [1.82, 2.24) is 9.78 Å². The maximum atomic E-state index is 10.8. The third-order valence-corrected chi connectivity index (χ3v) is 1.99. The van der Waals surface area contributed by atoms with Crippen LogP contribution >= 0.6 is 0 Å². The minimum atomic E-state index is -1.16. The minimum Gasteiger partial charge on any atom is -0.476 e. The normalized spacial score (nSPS) is 10.1. The quantitative estimate of drug-likeness (QED) is 0.691. The van der Waals surface area contributed by atoms with E-state index in [0.29, 0.717) is 13.0 Å². The number of nitrogen functional groups attached to an aromatic ring is 1. The number of anilines is 1. The van der Waals surface area contributed by atoms with Crippen LogP contribution < -0.4 is 5.73 Å². The molecule has 0 radical (unpaired) electrons. The fourth-order valence-corrected chi connectivity index (χ4v) is 1.20. The molecule has 7 nitrogen and oxygen atoms in total. The van der Waals surface area contributed by atoms with Gasteiger partial charge in [-0.25, -0.2) is 4.79 Å². The van der Waals surface area contributed by atoms with E-state index in [1.807, 2.05) is 0 Å². The van der Waals surface area contributed by atoms with Crippen LogP contribution in [0.5, 0.6) is 0 Å². The third kappa shape index (κ3) is 2.97. The number of aromatic carboxylic acids is 1. The van der Waals surface area contributed by atoms with Crippen molar-refractivity contribution in [2.75, 3.05) is 12.8 Å². The number of ether oxygens (including phenoxy) is 1. The van der Waals surface area contributed by atoms with E-state index in [4.69, 9.17) is 10.8 Å². The van der Waals surface area contributed by atoms with Gasteiger partial charge < -0.3 is 15.6 Å². The summed E-state index contributed by atoms with van der Waals surface area (Å²) in [4.78, 5) is 21.4. The number of nitrogens with two attached hydrogens (primary N) is 1. The molecule has 0 aliphatic rings. The molecule has 1 heterocycles. The highest BCUT2D eigenvalue weighted by molar-refractivity contribution is 5.91. The first-order valence-electron chi connectivity index (χ1n) is 4.67. The molecule has 0 saturated heterocycles. The molecule has 7 heteroatoms. The van der Waals surface area contributed by atoms with E-state index < -0.39 is 5.97 Å². The second-order valence-corrected chi connectivity index (χ2v) is 3.18. The molecule has 0 unspecified atom stereocenters. The summed E-state index contributed by atoms with van der Waals surface area (Å²) in [7, 11) is 1.32. The Morgan fingerprint density at radius 1 is 1.62 bits per heavy atom. The largest absolute Gasteiger partial charge is 0.476 e. The van der Waals surface area contributed by atoms with E-state index in [2.05, 4.69) is 9.84 Å². The number of nitrogens with zero attached hydrogens (tertiary/aromatic N) is 2. The standard InChI is InChI=1S/C9H13N3O4/c1-16-7(13)3-2-4-12-5-6(10)8(11-12)9(14)15/h5H,2-4,10H2,1H3,(H,14,15).